The highest BCUT2D eigenvalue weighted by Gasteiger charge is 2.14. The Morgan fingerprint density at radius 2 is 1.80 bits per heavy atom. The van der Waals surface area contributed by atoms with E-state index in [1.807, 2.05) is 12.1 Å². The van der Waals surface area contributed by atoms with Gasteiger partial charge in [0.15, 0.2) is 5.69 Å². The predicted molar refractivity (Wildman–Crippen MR) is 93.6 cm³/mol. The maximum atomic E-state index is 12.9. The smallest absolute Gasteiger partial charge is 0.269 e. The molecule has 0 unspecified atom stereocenters. The van der Waals surface area contributed by atoms with Crippen molar-refractivity contribution in [2.45, 2.75) is 12.8 Å². The van der Waals surface area contributed by atoms with Crippen LogP contribution in [0.25, 0.3) is 10.9 Å². The number of amides is 2. The minimum atomic E-state index is -0.709. The van der Waals surface area contributed by atoms with E-state index in [2.05, 4.69) is 10.3 Å². The van der Waals surface area contributed by atoms with Gasteiger partial charge in [0.25, 0.3) is 5.91 Å². The van der Waals surface area contributed by atoms with Crippen LogP contribution in [0.2, 0.25) is 0 Å². The molecule has 0 radical (unpaired) electrons. The van der Waals surface area contributed by atoms with Gasteiger partial charge in [0.05, 0.1) is 11.2 Å². The molecule has 0 aliphatic heterocycles. The molecule has 25 heavy (non-hydrogen) atoms. The molecule has 5 nitrogen and oxygen atoms in total. The van der Waals surface area contributed by atoms with Gasteiger partial charge in [-0.2, -0.15) is 0 Å². The van der Waals surface area contributed by atoms with E-state index < -0.39 is 5.91 Å². The minimum Gasteiger partial charge on any atom is -0.364 e. The Hall–Kier alpha value is -3.28. The number of anilines is 1. The van der Waals surface area contributed by atoms with Crippen LogP contribution < -0.4 is 11.1 Å². The third-order valence-corrected chi connectivity index (χ3v) is 3.79. The number of nitrogens with zero attached hydrogens (tertiary/aromatic N) is 1. The largest absolute Gasteiger partial charge is 0.364 e. The van der Waals surface area contributed by atoms with Crippen LogP contribution in [0.4, 0.5) is 10.1 Å². The fourth-order valence-corrected chi connectivity index (χ4v) is 2.52. The Kier molecular flexibility index (Phi) is 4.70. The van der Waals surface area contributed by atoms with Crippen molar-refractivity contribution in [1.29, 1.82) is 0 Å². The third-order valence-electron chi connectivity index (χ3n) is 3.79. The number of halogens is 1. The summed E-state index contributed by atoms with van der Waals surface area (Å²) in [5.41, 5.74) is 7.16. The summed E-state index contributed by atoms with van der Waals surface area (Å²) >= 11 is 0. The molecule has 3 aromatic rings. The fraction of sp³-hybridized carbons (Fsp3) is 0.105. The number of carbonyl (C=O) groups is 2. The number of primary amides is 1. The Morgan fingerprint density at radius 1 is 1.08 bits per heavy atom. The SMILES string of the molecule is NC(=O)c1nc2ccccc2cc1NC(=O)CCc1ccc(F)cc1. The lowest BCUT2D eigenvalue weighted by atomic mass is 10.1. The van der Waals surface area contributed by atoms with Crippen LogP contribution in [0.5, 0.6) is 0 Å². The summed E-state index contributed by atoms with van der Waals surface area (Å²) in [6, 6.07) is 14.9. The van der Waals surface area contributed by atoms with Gasteiger partial charge in [0.2, 0.25) is 5.91 Å². The molecule has 0 aliphatic carbocycles. The molecular formula is C19H16FN3O2. The summed E-state index contributed by atoms with van der Waals surface area (Å²) < 4.78 is 12.9. The molecule has 1 aromatic heterocycles. The van der Waals surface area contributed by atoms with Gasteiger partial charge in [0.1, 0.15) is 5.82 Å². The minimum absolute atomic E-state index is 0.0221. The highest BCUT2D eigenvalue weighted by Crippen LogP contribution is 2.21. The van der Waals surface area contributed by atoms with Crippen LogP contribution in [0.1, 0.15) is 22.5 Å². The molecule has 126 valence electrons. The van der Waals surface area contributed by atoms with E-state index in [0.717, 1.165) is 10.9 Å². The fourth-order valence-electron chi connectivity index (χ4n) is 2.52. The van der Waals surface area contributed by atoms with Gasteiger partial charge in [-0.3, -0.25) is 9.59 Å². The first-order chi connectivity index (χ1) is 12.0. The lowest BCUT2D eigenvalue weighted by molar-refractivity contribution is -0.116. The topological polar surface area (TPSA) is 85.1 Å². The van der Waals surface area contributed by atoms with E-state index in [1.165, 1.54) is 12.1 Å². The number of nitrogens with two attached hydrogens (primary N) is 1. The normalized spacial score (nSPS) is 10.6. The van der Waals surface area contributed by atoms with E-state index in [4.69, 9.17) is 5.73 Å². The first-order valence-electron chi connectivity index (χ1n) is 7.77. The number of aryl methyl sites for hydroxylation is 1. The number of para-hydroxylation sites is 1. The molecule has 0 bridgehead atoms. The second kappa shape index (κ2) is 7.09. The number of benzene rings is 2. The summed E-state index contributed by atoms with van der Waals surface area (Å²) in [6.07, 6.45) is 0.649. The number of fused-ring (bicyclic) bond motifs is 1. The molecule has 0 atom stereocenters. The molecule has 2 aromatic carbocycles. The zero-order valence-corrected chi connectivity index (χ0v) is 13.3. The van der Waals surface area contributed by atoms with Crippen LogP contribution in [-0.4, -0.2) is 16.8 Å². The van der Waals surface area contributed by atoms with Gasteiger partial charge in [-0.1, -0.05) is 30.3 Å². The van der Waals surface area contributed by atoms with E-state index in [1.54, 1.807) is 30.3 Å². The summed E-state index contributed by atoms with van der Waals surface area (Å²) in [5, 5.41) is 3.48. The van der Waals surface area contributed by atoms with Crippen LogP contribution in [0.3, 0.4) is 0 Å². The van der Waals surface area contributed by atoms with Crippen LogP contribution in [0, 0.1) is 5.82 Å². The maximum Gasteiger partial charge on any atom is 0.269 e. The van der Waals surface area contributed by atoms with Gasteiger partial charge >= 0.3 is 0 Å². The van der Waals surface area contributed by atoms with E-state index in [-0.39, 0.29) is 29.5 Å². The summed E-state index contributed by atoms with van der Waals surface area (Å²) in [6.45, 7) is 0. The molecule has 1 heterocycles. The number of pyridine rings is 1. The van der Waals surface area contributed by atoms with Gasteiger partial charge in [-0.15, -0.1) is 0 Å². The van der Waals surface area contributed by atoms with Crippen molar-refractivity contribution in [3.05, 3.63) is 71.7 Å². The molecule has 0 spiro atoms. The zero-order chi connectivity index (χ0) is 17.8. The Balaban J connectivity index is 1.76. The standard InChI is InChI=1S/C19H16FN3O2/c20-14-8-5-12(6-9-14)7-10-17(24)22-16-11-13-3-1-2-4-15(13)23-18(16)19(21)25/h1-6,8-9,11H,7,10H2,(H2,21,25)(H,22,24). The zero-order valence-electron chi connectivity index (χ0n) is 13.3. The number of rotatable bonds is 5. The van der Waals surface area contributed by atoms with Gasteiger partial charge < -0.3 is 11.1 Å². The third kappa shape index (κ3) is 3.98. The molecule has 0 aliphatic rings. The van der Waals surface area contributed by atoms with Crippen molar-refractivity contribution in [2.75, 3.05) is 5.32 Å². The second-order valence-corrected chi connectivity index (χ2v) is 5.62. The molecule has 3 rings (SSSR count). The van der Waals surface area contributed by atoms with E-state index in [9.17, 15) is 14.0 Å². The molecular weight excluding hydrogens is 321 g/mol. The number of aromatic nitrogens is 1. The van der Waals surface area contributed by atoms with Crippen LogP contribution in [0.15, 0.2) is 54.6 Å². The van der Waals surface area contributed by atoms with Crippen molar-refractivity contribution in [2.24, 2.45) is 5.73 Å². The maximum absolute atomic E-state index is 12.9. The molecule has 2 amide bonds. The Bertz CT molecular complexity index is 939. The van der Waals surface area contributed by atoms with Crippen molar-refractivity contribution < 1.29 is 14.0 Å². The van der Waals surface area contributed by atoms with Crippen molar-refractivity contribution in [3.63, 3.8) is 0 Å². The summed E-state index contributed by atoms with van der Waals surface area (Å²) in [4.78, 5) is 28.1. The number of carbonyl (C=O) groups excluding carboxylic acids is 2. The summed E-state index contributed by atoms with van der Waals surface area (Å²) in [5.74, 6) is -1.30. The Morgan fingerprint density at radius 3 is 2.52 bits per heavy atom. The highest BCUT2D eigenvalue weighted by molar-refractivity contribution is 6.04. The van der Waals surface area contributed by atoms with Gasteiger partial charge in [-0.05, 0) is 36.2 Å². The molecule has 3 N–H and O–H groups in total. The molecule has 0 fully saturated rings. The van der Waals surface area contributed by atoms with Crippen LogP contribution >= 0.6 is 0 Å². The summed E-state index contributed by atoms with van der Waals surface area (Å²) in [7, 11) is 0. The average Bonchev–Trinajstić information content (AvgIpc) is 2.60. The van der Waals surface area contributed by atoms with E-state index in [0.29, 0.717) is 11.9 Å². The number of nitrogens with one attached hydrogen (secondary N) is 1. The van der Waals surface area contributed by atoms with Crippen molar-refractivity contribution >= 4 is 28.4 Å². The van der Waals surface area contributed by atoms with E-state index >= 15 is 0 Å². The number of hydrogen-bond acceptors (Lipinski definition) is 3. The monoisotopic (exact) mass is 337 g/mol. The first kappa shape index (κ1) is 16.6. The number of hydrogen-bond donors (Lipinski definition) is 2. The first-order valence-corrected chi connectivity index (χ1v) is 7.77. The quantitative estimate of drug-likeness (QED) is 0.750. The van der Waals surface area contributed by atoms with Crippen LogP contribution in [-0.2, 0) is 11.2 Å². The lowest BCUT2D eigenvalue weighted by Crippen LogP contribution is -2.20. The van der Waals surface area contributed by atoms with Gasteiger partial charge in [0, 0.05) is 11.8 Å². The van der Waals surface area contributed by atoms with Crippen molar-refractivity contribution in [1.82, 2.24) is 4.98 Å². The molecule has 6 heteroatoms. The lowest BCUT2D eigenvalue weighted by Gasteiger charge is -2.10. The van der Waals surface area contributed by atoms with Crippen molar-refractivity contribution in [3.8, 4) is 0 Å². The molecule has 0 saturated heterocycles. The predicted octanol–water partition coefficient (Wildman–Crippen LogP) is 3.04. The average molecular weight is 337 g/mol. The second-order valence-electron chi connectivity index (χ2n) is 5.62. The Labute approximate surface area is 143 Å². The molecule has 0 saturated carbocycles. The van der Waals surface area contributed by atoms with Gasteiger partial charge in [-0.25, -0.2) is 9.37 Å². The highest BCUT2D eigenvalue weighted by atomic mass is 19.1.